The molecule has 0 spiro atoms. The first-order valence-electron chi connectivity index (χ1n) is 6.20. The second kappa shape index (κ2) is 5.93. The molecule has 0 unspecified atom stereocenters. The zero-order valence-electron chi connectivity index (χ0n) is 10.9. The van der Waals surface area contributed by atoms with E-state index in [2.05, 4.69) is 10.3 Å². The van der Waals surface area contributed by atoms with Crippen LogP contribution in [0.1, 0.15) is 19.7 Å². The highest BCUT2D eigenvalue weighted by Crippen LogP contribution is 2.26. The third-order valence-electron chi connectivity index (χ3n) is 2.65. The van der Waals surface area contributed by atoms with Crippen LogP contribution in [0.2, 0.25) is 0 Å². The summed E-state index contributed by atoms with van der Waals surface area (Å²) in [6.07, 6.45) is 1.93. The van der Waals surface area contributed by atoms with E-state index in [1.165, 1.54) is 24.4 Å². The number of oxazole rings is 1. The fourth-order valence-electron chi connectivity index (χ4n) is 1.74. The average Bonchev–Trinajstić information content (AvgIpc) is 2.77. The molecule has 3 nitrogen and oxygen atoms in total. The van der Waals surface area contributed by atoms with Gasteiger partial charge in [-0.25, -0.2) is 13.8 Å². The van der Waals surface area contributed by atoms with Crippen molar-refractivity contribution in [1.29, 1.82) is 0 Å². The number of rotatable bonds is 5. The Hall–Kier alpha value is -1.75. The lowest BCUT2D eigenvalue weighted by molar-refractivity contribution is 0.478. The predicted octanol–water partition coefficient (Wildman–Crippen LogP) is 3.16. The lowest BCUT2D eigenvalue weighted by Gasteiger charge is -2.05. The monoisotopic (exact) mass is 266 g/mol. The molecule has 0 atom stereocenters. The van der Waals surface area contributed by atoms with Crippen LogP contribution in [0.25, 0.3) is 11.3 Å². The molecular formula is C14H16F2N2O. The van der Waals surface area contributed by atoms with Gasteiger partial charge in [0.15, 0.2) is 11.7 Å². The van der Waals surface area contributed by atoms with Gasteiger partial charge in [0, 0.05) is 19.0 Å². The van der Waals surface area contributed by atoms with Crippen LogP contribution in [0.3, 0.4) is 0 Å². The van der Waals surface area contributed by atoms with E-state index in [0.29, 0.717) is 24.9 Å². The van der Waals surface area contributed by atoms with Crippen molar-refractivity contribution in [2.24, 2.45) is 0 Å². The van der Waals surface area contributed by atoms with E-state index < -0.39 is 11.6 Å². The molecule has 1 heterocycles. The lowest BCUT2D eigenvalue weighted by Crippen LogP contribution is -2.24. The molecule has 2 rings (SSSR count). The van der Waals surface area contributed by atoms with Gasteiger partial charge in [-0.1, -0.05) is 19.9 Å². The molecule has 0 aliphatic rings. The van der Waals surface area contributed by atoms with Crippen molar-refractivity contribution in [2.75, 3.05) is 6.54 Å². The molecule has 1 aromatic carbocycles. The quantitative estimate of drug-likeness (QED) is 0.903. The Labute approximate surface area is 110 Å². The number of nitrogens with one attached hydrogen (secondary N) is 1. The average molecular weight is 266 g/mol. The van der Waals surface area contributed by atoms with Gasteiger partial charge in [0.25, 0.3) is 0 Å². The molecule has 19 heavy (non-hydrogen) atoms. The zero-order valence-corrected chi connectivity index (χ0v) is 10.9. The van der Waals surface area contributed by atoms with Crippen LogP contribution in [0.15, 0.2) is 28.8 Å². The number of hydrogen-bond acceptors (Lipinski definition) is 3. The van der Waals surface area contributed by atoms with Gasteiger partial charge in [0.1, 0.15) is 11.6 Å². The van der Waals surface area contributed by atoms with Crippen LogP contribution in [0, 0.1) is 11.6 Å². The van der Waals surface area contributed by atoms with Crippen molar-refractivity contribution >= 4 is 0 Å². The Morgan fingerprint density at radius 2 is 1.95 bits per heavy atom. The maximum absolute atomic E-state index is 13.6. The molecule has 0 aliphatic carbocycles. The van der Waals surface area contributed by atoms with Crippen LogP contribution in [-0.4, -0.2) is 17.6 Å². The summed E-state index contributed by atoms with van der Waals surface area (Å²) in [5, 5.41) is 3.22. The van der Waals surface area contributed by atoms with Crippen LogP contribution in [0.4, 0.5) is 8.78 Å². The Bertz CT molecular complexity index is 532. The number of nitrogens with zero attached hydrogens (tertiary/aromatic N) is 1. The van der Waals surface area contributed by atoms with Gasteiger partial charge in [-0.2, -0.15) is 0 Å². The second-order valence-corrected chi connectivity index (χ2v) is 4.57. The summed E-state index contributed by atoms with van der Waals surface area (Å²) in [6.45, 7) is 4.78. The van der Waals surface area contributed by atoms with Crippen LogP contribution in [-0.2, 0) is 6.42 Å². The largest absolute Gasteiger partial charge is 0.440 e. The molecule has 5 heteroatoms. The molecule has 102 valence electrons. The molecular weight excluding hydrogens is 250 g/mol. The first-order valence-corrected chi connectivity index (χ1v) is 6.20. The van der Waals surface area contributed by atoms with E-state index in [1.54, 1.807) is 0 Å². The van der Waals surface area contributed by atoms with E-state index in [4.69, 9.17) is 4.42 Å². The minimum Gasteiger partial charge on any atom is -0.440 e. The van der Waals surface area contributed by atoms with E-state index in [9.17, 15) is 8.78 Å². The maximum Gasteiger partial charge on any atom is 0.196 e. The summed E-state index contributed by atoms with van der Waals surface area (Å²) in [5.74, 6) is -0.716. The molecule has 0 radical (unpaired) electrons. The fraction of sp³-hybridized carbons (Fsp3) is 0.357. The molecule has 0 amide bonds. The lowest BCUT2D eigenvalue weighted by atomic mass is 10.1. The van der Waals surface area contributed by atoms with E-state index in [0.717, 1.165) is 0 Å². The Morgan fingerprint density at radius 3 is 2.58 bits per heavy atom. The molecule has 0 fully saturated rings. The number of benzene rings is 1. The Balaban J connectivity index is 2.12. The van der Waals surface area contributed by atoms with Crippen molar-refractivity contribution in [3.8, 4) is 11.3 Å². The highest BCUT2D eigenvalue weighted by molar-refractivity contribution is 5.58. The van der Waals surface area contributed by atoms with Crippen molar-refractivity contribution in [3.63, 3.8) is 0 Å². The molecule has 0 saturated heterocycles. The third kappa shape index (κ3) is 3.38. The van der Waals surface area contributed by atoms with Crippen LogP contribution < -0.4 is 5.32 Å². The second-order valence-electron chi connectivity index (χ2n) is 4.57. The van der Waals surface area contributed by atoms with Gasteiger partial charge in [-0.3, -0.25) is 0 Å². The van der Waals surface area contributed by atoms with Gasteiger partial charge in [-0.05, 0) is 12.1 Å². The van der Waals surface area contributed by atoms with Gasteiger partial charge < -0.3 is 9.73 Å². The smallest absolute Gasteiger partial charge is 0.196 e. The molecule has 1 aromatic heterocycles. The summed E-state index contributed by atoms with van der Waals surface area (Å²) in [6, 6.07) is 4.08. The maximum atomic E-state index is 13.6. The molecule has 0 bridgehead atoms. The van der Waals surface area contributed by atoms with Gasteiger partial charge in [-0.15, -0.1) is 0 Å². The molecule has 2 aromatic rings. The summed E-state index contributed by atoms with van der Waals surface area (Å²) in [5.41, 5.74) is -0.168. The summed E-state index contributed by atoms with van der Waals surface area (Å²) >= 11 is 0. The summed E-state index contributed by atoms with van der Waals surface area (Å²) in [7, 11) is 0. The predicted molar refractivity (Wildman–Crippen MR) is 68.7 cm³/mol. The van der Waals surface area contributed by atoms with Crippen LogP contribution in [0.5, 0.6) is 0 Å². The normalized spacial score (nSPS) is 11.2. The number of aromatic nitrogens is 1. The number of hydrogen-bond donors (Lipinski definition) is 1. The number of halogens is 2. The minimum absolute atomic E-state index is 0.121. The summed E-state index contributed by atoms with van der Waals surface area (Å²) in [4.78, 5) is 4.03. The molecule has 1 N–H and O–H groups in total. The van der Waals surface area contributed by atoms with Gasteiger partial charge in [0.2, 0.25) is 0 Å². The summed E-state index contributed by atoms with van der Waals surface area (Å²) < 4.78 is 32.5. The van der Waals surface area contributed by atoms with Gasteiger partial charge >= 0.3 is 0 Å². The van der Waals surface area contributed by atoms with E-state index in [1.807, 2.05) is 13.8 Å². The minimum atomic E-state index is -0.650. The molecule has 0 saturated carbocycles. The van der Waals surface area contributed by atoms with Crippen LogP contribution >= 0.6 is 0 Å². The Morgan fingerprint density at radius 1 is 1.26 bits per heavy atom. The highest BCUT2D eigenvalue weighted by Gasteiger charge is 2.15. The topological polar surface area (TPSA) is 38.1 Å². The van der Waals surface area contributed by atoms with Crippen molar-refractivity contribution < 1.29 is 13.2 Å². The SMILES string of the molecule is CC(C)NCCc1ncc(-c2c(F)cccc2F)o1. The first-order chi connectivity index (χ1) is 9.08. The molecule has 0 aliphatic heterocycles. The Kier molecular flexibility index (Phi) is 4.27. The van der Waals surface area contributed by atoms with E-state index >= 15 is 0 Å². The van der Waals surface area contributed by atoms with Gasteiger partial charge in [0.05, 0.1) is 11.8 Å². The fourth-order valence-corrected chi connectivity index (χ4v) is 1.74. The van der Waals surface area contributed by atoms with Crippen molar-refractivity contribution in [2.45, 2.75) is 26.3 Å². The zero-order chi connectivity index (χ0) is 13.8. The standard InChI is InChI=1S/C14H16F2N2O/c1-9(2)17-7-6-13-18-8-12(19-13)14-10(15)4-3-5-11(14)16/h3-5,8-9,17H,6-7H2,1-2H3. The third-order valence-corrected chi connectivity index (χ3v) is 2.65. The highest BCUT2D eigenvalue weighted by atomic mass is 19.1. The van der Waals surface area contributed by atoms with E-state index in [-0.39, 0.29) is 11.3 Å². The first kappa shape index (κ1) is 13.7. The van der Waals surface area contributed by atoms with Crippen molar-refractivity contribution in [1.82, 2.24) is 10.3 Å². The van der Waals surface area contributed by atoms with Crippen molar-refractivity contribution in [3.05, 3.63) is 41.9 Å².